The molecule has 2 N–H and O–H groups in total. The van der Waals surface area contributed by atoms with E-state index < -0.39 is 0 Å². The highest BCUT2D eigenvalue weighted by molar-refractivity contribution is 8.00. The lowest BCUT2D eigenvalue weighted by Gasteiger charge is -2.16. The summed E-state index contributed by atoms with van der Waals surface area (Å²) >= 11 is 13.6. The number of carbonyl (C=O) groups excluding carboxylic acids is 2. The van der Waals surface area contributed by atoms with Crippen molar-refractivity contribution in [2.24, 2.45) is 0 Å². The zero-order valence-electron chi connectivity index (χ0n) is 18.9. The van der Waals surface area contributed by atoms with Crippen LogP contribution < -0.4 is 20.1 Å². The first-order chi connectivity index (χ1) is 16.4. The standard InChI is InChI=1S/C25H24Cl2N2O4S/c1-4-22(24(30)29-19-13-15(26)11-12-18(19)27)34-17-8-5-7-16(14-17)28-25(31)23-20(32-2)9-6-10-21(23)33-3/h5-14,22H,4H2,1-3H3,(H,28,31)(H,29,30). The number of amides is 2. The number of hydrogen-bond donors (Lipinski definition) is 2. The second-order valence-electron chi connectivity index (χ2n) is 7.15. The van der Waals surface area contributed by atoms with Crippen LogP contribution in [-0.2, 0) is 4.79 Å². The molecule has 0 radical (unpaired) electrons. The van der Waals surface area contributed by atoms with Crippen LogP contribution in [0, 0.1) is 0 Å². The summed E-state index contributed by atoms with van der Waals surface area (Å²) in [5, 5.41) is 6.23. The largest absolute Gasteiger partial charge is 0.496 e. The Kier molecular flexibility index (Phi) is 9.10. The first kappa shape index (κ1) is 25.7. The van der Waals surface area contributed by atoms with Gasteiger partial charge in [0.25, 0.3) is 5.91 Å². The Hall–Kier alpha value is -2.87. The fourth-order valence-corrected chi connectivity index (χ4v) is 4.56. The van der Waals surface area contributed by atoms with Crippen molar-refractivity contribution in [3.63, 3.8) is 0 Å². The van der Waals surface area contributed by atoms with Crippen LogP contribution in [0.1, 0.15) is 23.7 Å². The minimum absolute atomic E-state index is 0.190. The number of anilines is 2. The van der Waals surface area contributed by atoms with Gasteiger partial charge in [0.05, 0.1) is 30.2 Å². The molecule has 6 nitrogen and oxygen atoms in total. The van der Waals surface area contributed by atoms with Crippen molar-refractivity contribution in [2.45, 2.75) is 23.5 Å². The second-order valence-corrected chi connectivity index (χ2v) is 9.27. The zero-order chi connectivity index (χ0) is 24.7. The van der Waals surface area contributed by atoms with Gasteiger partial charge in [-0.25, -0.2) is 0 Å². The number of thioether (sulfide) groups is 1. The molecule has 0 aromatic heterocycles. The molecular formula is C25H24Cl2N2O4S. The molecule has 3 aromatic carbocycles. The Morgan fingerprint density at radius 1 is 0.941 bits per heavy atom. The third kappa shape index (κ3) is 6.38. The molecule has 0 spiro atoms. The number of benzene rings is 3. The molecule has 0 fully saturated rings. The molecule has 0 saturated carbocycles. The van der Waals surface area contributed by atoms with Crippen molar-refractivity contribution in [3.8, 4) is 11.5 Å². The monoisotopic (exact) mass is 518 g/mol. The molecule has 0 bridgehead atoms. The van der Waals surface area contributed by atoms with Crippen LogP contribution >= 0.6 is 35.0 Å². The van der Waals surface area contributed by atoms with E-state index in [1.54, 1.807) is 42.5 Å². The zero-order valence-corrected chi connectivity index (χ0v) is 21.2. The molecule has 0 aliphatic rings. The Bertz CT molecular complexity index is 1170. The van der Waals surface area contributed by atoms with Crippen LogP contribution in [0.15, 0.2) is 65.6 Å². The van der Waals surface area contributed by atoms with Gasteiger partial charge in [0, 0.05) is 15.6 Å². The van der Waals surface area contributed by atoms with E-state index in [-0.39, 0.29) is 17.1 Å². The summed E-state index contributed by atoms with van der Waals surface area (Å²) < 4.78 is 10.6. The topological polar surface area (TPSA) is 76.7 Å². The van der Waals surface area contributed by atoms with E-state index in [1.807, 2.05) is 25.1 Å². The maximum Gasteiger partial charge on any atom is 0.263 e. The summed E-state index contributed by atoms with van der Waals surface area (Å²) in [7, 11) is 2.99. The van der Waals surface area contributed by atoms with Crippen molar-refractivity contribution < 1.29 is 19.1 Å². The lowest BCUT2D eigenvalue weighted by atomic mass is 10.1. The molecule has 0 aliphatic heterocycles. The quantitative estimate of drug-likeness (QED) is 0.305. The highest BCUT2D eigenvalue weighted by Gasteiger charge is 2.21. The first-order valence-corrected chi connectivity index (χ1v) is 12.0. The highest BCUT2D eigenvalue weighted by Crippen LogP contribution is 2.32. The molecular weight excluding hydrogens is 495 g/mol. The van der Waals surface area contributed by atoms with Gasteiger partial charge in [-0.2, -0.15) is 0 Å². The van der Waals surface area contributed by atoms with Gasteiger partial charge in [-0.15, -0.1) is 11.8 Å². The van der Waals surface area contributed by atoms with Gasteiger partial charge in [-0.1, -0.05) is 42.3 Å². The van der Waals surface area contributed by atoms with E-state index in [0.29, 0.717) is 44.9 Å². The van der Waals surface area contributed by atoms with E-state index in [0.717, 1.165) is 4.90 Å². The van der Waals surface area contributed by atoms with Gasteiger partial charge in [0.2, 0.25) is 5.91 Å². The number of methoxy groups -OCH3 is 2. The maximum absolute atomic E-state index is 13.0. The molecule has 178 valence electrons. The summed E-state index contributed by atoms with van der Waals surface area (Å²) in [6, 6.07) is 17.3. The minimum atomic E-state index is -0.379. The molecule has 2 amide bonds. The van der Waals surface area contributed by atoms with Crippen LogP contribution in [0.5, 0.6) is 11.5 Å². The minimum Gasteiger partial charge on any atom is -0.496 e. The lowest BCUT2D eigenvalue weighted by molar-refractivity contribution is -0.115. The third-order valence-corrected chi connectivity index (χ3v) is 6.80. The van der Waals surface area contributed by atoms with E-state index in [4.69, 9.17) is 32.7 Å². The predicted molar refractivity (Wildman–Crippen MR) is 139 cm³/mol. The Morgan fingerprint density at radius 2 is 1.62 bits per heavy atom. The van der Waals surface area contributed by atoms with Crippen molar-refractivity contribution in [1.82, 2.24) is 0 Å². The molecule has 1 unspecified atom stereocenters. The Morgan fingerprint density at radius 3 is 2.26 bits per heavy atom. The first-order valence-electron chi connectivity index (χ1n) is 10.4. The molecule has 34 heavy (non-hydrogen) atoms. The van der Waals surface area contributed by atoms with Gasteiger partial charge < -0.3 is 20.1 Å². The SMILES string of the molecule is CCC(Sc1cccc(NC(=O)c2c(OC)cccc2OC)c1)C(=O)Nc1cc(Cl)ccc1Cl. The van der Waals surface area contributed by atoms with Gasteiger partial charge in [0.15, 0.2) is 0 Å². The van der Waals surface area contributed by atoms with E-state index in [9.17, 15) is 9.59 Å². The Balaban J connectivity index is 1.74. The summed E-state index contributed by atoms with van der Waals surface area (Å²) in [5.74, 6) is 0.260. The number of carbonyl (C=O) groups is 2. The smallest absolute Gasteiger partial charge is 0.263 e. The molecule has 9 heteroatoms. The maximum atomic E-state index is 13.0. The summed E-state index contributed by atoms with van der Waals surface area (Å²) in [6.07, 6.45) is 0.587. The summed E-state index contributed by atoms with van der Waals surface area (Å²) in [6.45, 7) is 1.93. The van der Waals surface area contributed by atoms with Crippen LogP contribution in [0.25, 0.3) is 0 Å². The number of hydrogen-bond acceptors (Lipinski definition) is 5. The average Bonchev–Trinajstić information content (AvgIpc) is 2.84. The van der Waals surface area contributed by atoms with Gasteiger partial charge in [0.1, 0.15) is 17.1 Å². The fourth-order valence-electron chi connectivity index (χ4n) is 3.21. The third-order valence-electron chi connectivity index (χ3n) is 4.87. The van der Waals surface area contributed by atoms with E-state index >= 15 is 0 Å². The molecule has 3 rings (SSSR count). The molecule has 0 heterocycles. The van der Waals surface area contributed by atoms with Gasteiger partial charge in [-0.05, 0) is 55.0 Å². The number of ether oxygens (including phenoxy) is 2. The van der Waals surface area contributed by atoms with Crippen LogP contribution in [0.4, 0.5) is 11.4 Å². The lowest BCUT2D eigenvalue weighted by Crippen LogP contribution is -2.24. The number of halogens is 2. The van der Waals surface area contributed by atoms with Gasteiger partial charge >= 0.3 is 0 Å². The molecule has 1 atom stereocenters. The van der Waals surface area contributed by atoms with Crippen LogP contribution in [-0.4, -0.2) is 31.3 Å². The number of rotatable bonds is 9. The normalized spacial score (nSPS) is 11.4. The van der Waals surface area contributed by atoms with Crippen molar-refractivity contribution in [3.05, 3.63) is 76.3 Å². The van der Waals surface area contributed by atoms with E-state index in [1.165, 1.54) is 26.0 Å². The molecule has 0 saturated heterocycles. The average molecular weight is 519 g/mol. The molecule has 3 aromatic rings. The van der Waals surface area contributed by atoms with Crippen LogP contribution in [0.2, 0.25) is 10.0 Å². The van der Waals surface area contributed by atoms with Gasteiger partial charge in [-0.3, -0.25) is 9.59 Å². The Labute approximate surface area is 212 Å². The van der Waals surface area contributed by atoms with Crippen molar-refractivity contribution >= 4 is 58.2 Å². The number of nitrogens with one attached hydrogen (secondary N) is 2. The summed E-state index contributed by atoms with van der Waals surface area (Å²) in [5.41, 5.74) is 1.34. The highest BCUT2D eigenvalue weighted by atomic mass is 35.5. The summed E-state index contributed by atoms with van der Waals surface area (Å²) in [4.78, 5) is 26.7. The predicted octanol–water partition coefficient (Wildman–Crippen LogP) is 6.77. The van der Waals surface area contributed by atoms with Crippen LogP contribution in [0.3, 0.4) is 0 Å². The fraction of sp³-hybridized carbons (Fsp3) is 0.200. The molecule has 0 aliphatic carbocycles. The van der Waals surface area contributed by atoms with Crippen molar-refractivity contribution in [2.75, 3.05) is 24.9 Å². The van der Waals surface area contributed by atoms with Crippen molar-refractivity contribution in [1.29, 1.82) is 0 Å². The van der Waals surface area contributed by atoms with E-state index in [2.05, 4.69) is 10.6 Å². The second kappa shape index (κ2) is 12.0.